The average Bonchev–Trinajstić information content (AvgIpc) is 2.93. The molecule has 0 saturated carbocycles. The zero-order chi connectivity index (χ0) is 19.4. The third kappa shape index (κ3) is 5.03. The van der Waals surface area contributed by atoms with E-state index in [1.807, 2.05) is 6.92 Å². The Morgan fingerprint density at radius 1 is 1.31 bits per heavy atom. The highest BCUT2D eigenvalue weighted by molar-refractivity contribution is 7.13. The second kappa shape index (κ2) is 8.62. The minimum atomic E-state index is -0.803. The van der Waals surface area contributed by atoms with Crippen LogP contribution in [-0.2, 0) is 16.0 Å². The lowest BCUT2D eigenvalue weighted by Gasteiger charge is -2.31. The molecule has 0 atom stereocenters. The maximum atomic E-state index is 12.8. The van der Waals surface area contributed by atoms with Gasteiger partial charge >= 0.3 is 5.97 Å². The van der Waals surface area contributed by atoms with Crippen molar-refractivity contribution in [3.63, 3.8) is 0 Å². The van der Waals surface area contributed by atoms with Crippen LogP contribution in [0.5, 0.6) is 0 Å². The average molecular weight is 381 g/mol. The molecule has 0 spiro atoms. The molecule has 1 fully saturated rings. The number of piperidine rings is 1. The maximum Gasteiger partial charge on any atom is 0.306 e. The molecule has 1 aliphatic rings. The van der Waals surface area contributed by atoms with Crippen LogP contribution >= 0.6 is 11.3 Å². The Morgan fingerprint density at radius 2 is 1.92 bits per heavy atom. The second-order valence-corrected chi connectivity index (χ2v) is 8.46. The van der Waals surface area contributed by atoms with Crippen molar-refractivity contribution in [1.29, 1.82) is 0 Å². The van der Waals surface area contributed by atoms with E-state index in [-0.39, 0.29) is 24.3 Å². The van der Waals surface area contributed by atoms with E-state index in [1.54, 1.807) is 11.9 Å². The summed E-state index contributed by atoms with van der Waals surface area (Å²) in [5.41, 5.74) is 0.800. The molecule has 8 heteroatoms. The van der Waals surface area contributed by atoms with E-state index in [4.69, 9.17) is 5.11 Å². The van der Waals surface area contributed by atoms with Crippen LogP contribution in [0.1, 0.15) is 47.1 Å². The summed E-state index contributed by atoms with van der Waals surface area (Å²) in [4.78, 5) is 44.4. The molecular formula is C18H27N3O4S. The molecule has 0 aromatic carbocycles. The highest BCUT2D eigenvalue weighted by atomic mass is 32.1. The maximum absolute atomic E-state index is 12.8. The van der Waals surface area contributed by atoms with Crippen molar-refractivity contribution in [2.24, 2.45) is 11.8 Å². The number of hydrogen-bond donors (Lipinski definition) is 1. The van der Waals surface area contributed by atoms with Crippen LogP contribution < -0.4 is 0 Å². The molecule has 1 aromatic heterocycles. The van der Waals surface area contributed by atoms with Crippen LogP contribution in [0.3, 0.4) is 0 Å². The number of hydrogen-bond acceptors (Lipinski definition) is 5. The van der Waals surface area contributed by atoms with Gasteiger partial charge in [0.1, 0.15) is 4.88 Å². The van der Waals surface area contributed by atoms with E-state index >= 15 is 0 Å². The van der Waals surface area contributed by atoms with E-state index in [0.717, 1.165) is 17.1 Å². The number of carboxylic acid groups (broad SMARTS) is 1. The Balaban J connectivity index is 1.97. The summed E-state index contributed by atoms with van der Waals surface area (Å²) >= 11 is 1.37. The number of carbonyl (C=O) groups is 3. The lowest BCUT2D eigenvalue weighted by molar-refractivity contribution is -0.145. The van der Waals surface area contributed by atoms with Crippen molar-refractivity contribution in [2.75, 3.05) is 26.7 Å². The summed E-state index contributed by atoms with van der Waals surface area (Å²) in [6, 6.07) is 0. The molecular weight excluding hydrogens is 354 g/mol. The van der Waals surface area contributed by atoms with Crippen molar-refractivity contribution in [1.82, 2.24) is 14.8 Å². The second-order valence-electron chi connectivity index (χ2n) is 7.26. The monoisotopic (exact) mass is 381 g/mol. The highest BCUT2D eigenvalue weighted by Gasteiger charge is 2.29. The first-order valence-corrected chi connectivity index (χ1v) is 9.73. The molecule has 2 rings (SSSR count). The molecule has 144 valence electrons. The Bertz CT molecular complexity index is 678. The molecule has 0 aliphatic carbocycles. The number of rotatable bonds is 6. The fourth-order valence-corrected chi connectivity index (χ4v) is 4.03. The standard InChI is InChI=1S/C18H27N3O4S/c1-11(2)9-14-16(26-12(3)19-14)17(23)20(4)10-15(22)21-7-5-13(6-8-21)18(24)25/h11,13H,5-10H2,1-4H3,(H,24,25). The third-order valence-electron chi connectivity index (χ3n) is 4.52. The van der Waals surface area contributed by atoms with Crippen LogP contribution in [0.25, 0.3) is 0 Å². The number of likely N-dealkylation sites (tertiary alicyclic amines) is 1. The molecule has 0 unspecified atom stereocenters. The lowest BCUT2D eigenvalue weighted by atomic mass is 9.97. The first-order chi connectivity index (χ1) is 12.2. The minimum absolute atomic E-state index is 0.00532. The number of likely N-dealkylation sites (N-methyl/N-ethyl adjacent to an activating group) is 1. The fraction of sp³-hybridized carbons (Fsp3) is 0.667. The Labute approximate surface area is 158 Å². The van der Waals surface area contributed by atoms with Crippen LogP contribution in [0.15, 0.2) is 0 Å². The molecule has 0 bridgehead atoms. The van der Waals surface area contributed by atoms with E-state index in [0.29, 0.717) is 36.7 Å². The normalized spacial score (nSPS) is 15.3. The van der Waals surface area contributed by atoms with Gasteiger partial charge in [0.05, 0.1) is 23.2 Å². The number of amides is 2. The Kier molecular flexibility index (Phi) is 6.75. The molecule has 1 aliphatic heterocycles. The third-order valence-corrected chi connectivity index (χ3v) is 5.52. The smallest absolute Gasteiger partial charge is 0.306 e. The number of thiazole rings is 1. The molecule has 1 saturated heterocycles. The van der Waals surface area contributed by atoms with Gasteiger partial charge in [-0.05, 0) is 32.1 Å². The van der Waals surface area contributed by atoms with Crippen molar-refractivity contribution in [3.05, 3.63) is 15.6 Å². The Morgan fingerprint density at radius 3 is 2.46 bits per heavy atom. The zero-order valence-electron chi connectivity index (χ0n) is 15.8. The van der Waals surface area contributed by atoms with Crippen LogP contribution in [0, 0.1) is 18.8 Å². The molecule has 0 radical (unpaired) electrons. The lowest BCUT2D eigenvalue weighted by Crippen LogP contribution is -2.45. The van der Waals surface area contributed by atoms with E-state index in [2.05, 4.69) is 18.8 Å². The van der Waals surface area contributed by atoms with Gasteiger partial charge in [0, 0.05) is 20.1 Å². The van der Waals surface area contributed by atoms with Crippen LogP contribution in [-0.4, -0.2) is 64.4 Å². The van der Waals surface area contributed by atoms with Crippen molar-refractivity contribution in [2.45, 2.75) is 40.0 Å². The van der Waals surface area contributed by atoms with Gasteiger partial charge in [-0.1, -0.05) is 13.8 Å². The summed E-state index contributed by atoms with van der Waals surface area (Å²) in [5.74, 6) is -1.11. The topological polar surface area (TPSA) is 90.8 Å². The van der Waals surface area contributed by atoms with Gasteiger partial charge in [-0.15, -0.1) is 11.3 Å². The number of carboxylic acids is 1. The number of aliphatic carboxylic acids is 1. The van der Waals surface area contributed by atoms with E-state index < -0.39 is 5.97 Å². The SMILES string of the molecule is Cc1nc(CC(C)C)c(C(=O)N(C)CC(=O)N2CCC(C(=O)O)CC2)s1. The molecule has 2 heterocycles. The van der Waals surface area contributed by atoms with E-state index in [1.165, 1.54) is 16.2 Å². The number of carbonyl (C=O) groups excluding carboxylic acids is 2. The summed E-state index contributed by atoms with van der Waals surface area (Å²) in [7, 11) is 1.62. The summed E-state index contributed by atoms with van der Waals surface area (Å²) in [6.45, 7) is 6.89. The van der Waals surface area contributed by atoms with Crippen molar-refractivity contribution < 1.29 is 19.5 Å². The predicted octanol–water partition coefficient (Wildman–Crippen LogP) is 2.05. The Hall–Kier alpha value is -1.96. The zero-order valence-corrected chi connectivity index (χ0v) is 16.6. The minimum Gasteiger partial charge on any atom is -0.481 e. The van der Waals surface area contributed by atoms with Crippen molar-refractivity contribution in [3.8, 4) is 0 Å². The van der Waals surface area contributed by atoms with Gasteiger partial charge in [-0.3, -0.25) is 14.4 Å². The number of nitrogens with zero attached hydrogens (tertiary/aromatic N) is 3. The first-order valence-electron chi connectivity index (χ1n) is 8.91. The molecule has 2 amide bonds. The summed E-state index contributed by atoms with van der Waals surface area (Å²) < 4.78 is 0. The molecule has 1 N–H and O–H groups in total. The summed E-state index contributed by atoms with van der Waals surface area (Å²) in [5, 5.41) is 9.88. The van der Waals surface area contributed by atoms with Crippen molar-refractivity contribution >= 4 is 29.1 Å². The van der Waals surface area contributed by atoms with Crippen LogP contribution in [0.2, 0.25) is 0 Å². The largest absolute Gasteiger partial charge is 0.481 e. The van der Waals surface area contributed by atoms with Gasteiger partial charge in [0.25, 0.3) is 5.91 Å². The van der Waals surface area contributed by atoms with Crippen LogP contribution in [0.4, 0.5) is 0 Å². The molecule has 26 heavy (non-hydrogen) atoms. The van der Waals surface area contributed by atoms with E-state index in [9.17, 15) is 14.4 Å². The van der Waals surface area contributed by atoms with Gasteiger partial charge in [0.2, 0.25) is 5.91 Å². The first kappa shape index (κ1) is 20.4. The predicted molar refractivity (Wildman–Crippen MR) is 99.3 cm³/mol. The quantitative estimate of drug-likeness (QED) is 0.814. The van der Waals surface area contributed by atoms with Gasteiger partial charge in [-0.2, -0.15) is 0 Å². The van der Waals surface area contributed by atoms with Gasteiger partial charge in [0.15, 0.2) is 0 Å². The highest BCUT2D eigenvalue weighted by Crippen LogP contribution is 2.23. The number of aryl methyl sites for hydroxylation is 1. The molecule has 1 aromatic rings. The van der Waals surface area contributed by atoms with Gasteiger partial charge < -0.3 is 14.9 Å². The summed E-state index contributed by atoms with van der Waals surface area (Å²) in [6.07, 6.45) is 1.66. The molecule has 7 nitrogen and oxygen atoms in total. The van der Waals surface area contributed by atoms with Gasteiger partial charge in [-0.25, -0.2) is 4.98 Å². The fourth-order valence-electron chi connectivity index (χ4n) is 3.09. The number of aromatic nitrogens is 1.